The molecule has 0 atom stereocenters. The van der Waals surface area contributed by atoms with Gasteiger partial charge in [-0.1, -0.05) is 0 Å². The molecule has 9 nitrogen and oxygen atoms in total. The fraction of sp³-hybridized carbons (Fsp3) is 0.143. The molecule has 2 aromatic carbocycles. The summed E-state index contributed by atoms with van der Waals surface area (Å²) < 4.78 is 59.3. The van der Waals surface area contributed by atoms with Gasteiger partial charge in [0.25, 0.3) is 5.89 Å². The zero-order valence-electron chi connectivity index (χ0n) is 17.4. The Hall–Kier alpha value is -4.42. The number of hydrogen-bond donors (Lipinski definition) is 1. The van der Waals surface area contributed by atoms with Crippen LogP contribution in [-0.2, 0) is 6.54 Å². The van der Waals surface area contributed by atoms with Gasteiger partial charge in [0.05, 0.1) is 12.1 Å². The van der Waals surface area contributed by atoms with E-state index in [0.29, 0.717) is 5.56 Å². The first-order chi connectivity index (χ1) is 16.4. The van der Waals surface area contributed by atoms with Crippen molar-refractivity contribution in [1.82, 2.24) is 35.4 Å². The predicted molar refractivity (Wildman–Crippen MR) is 112 cm³/mol. The molecule has 0 aliphatic carbocycles. The van der Waals surface area contributed by atoms with Crippen LogP contribution in [0.15, 0.2) is 46.9 Å². The lowest BCUT2D eigenvalue weighted by Gasteiger charge is -2.06. The molecule has 0 amide bonds. The molecule has 3 aromatic heterocycles. The second kappa shape index (κ2) is 8.50. The minimum absolute atomic E-state index is 0.170. The Morgan fingerprint density at radius 1 is 0.971 bits per heavy atom. The van der Waals surface area contributed by atoms with E-state index in [0.717, 1.165) is 33.7 Å². The van der Waals surface area contributed by atoms with Gasteiger partial charge in [-0.2, -0.15) is 13.6 Å². The molecule has 5 aromatic rings. The van der Waals surface area contributed by atoms with Crippen LogP contribution in [0.1, 0.15) is 17.9 Å². The number of alkyl halides is 2. The summed E-state index contributed by atoms with van der Waals surface area (Å²) in [6.07, 6.45) is -2.99. The lowest BCUT2D eigenvalue weighted by Crippen LogP contribution is -2.08. The van der Waals surface area contributed by atoms with Crippen LogP contribution in [0.3, 0.4) is 0 Å². The third kappa shape index (κ3) is 4.02. The number of tetrazole rings is 1. The smallest absolute Gasteiger partial charge is 0.314 e. The molecule has 0 saturated carbocycles. The first kappa shape index (κ1) is 21.4. The minimum atomic E-state index is -2.99. The first-order valence-electron chi connectivity index (χ1n) is 9.88. The van der Waals surface area contributed by atoms with Gasteiger partial charge < -0.3 is 9.73 Å². The maximum Gasteiger partial charge on any atom is 0.314 e. The zero-order chi connectivity index (χ0) is 23.8. The van der Waals surface area contributed by atoms with Crippen molar-refractivity contribution in [2.75, 3.05) is 12.4 Å². The van der Waals surface area contributed by atoms with Gasteiger partial charge in [-0.15, -0.1) is 20.4 Å². The summed E-state index contributed by atoms with van der Waals surface area (Å²) in [6.45, 7) is -0.349. The van der Waals surface area contributed by atoms with Crippen molar-refractivity contribution in [3.05, 3.63) is 65.6 Å². The van der Waals surface area contributed by atoms with E-state index in [2.05, 4.69) is 35.9 Å². The molecule has 0 spiro atoms. The predicted octanol–water partition coefficient (Wildman–Crippen LogP) is 4.24. The highest BCUT2D eigenvalue weighted by Gasteiger charge is 2.20. The number of halogens is 4. The summed E-state index contributed by atoms with van der Waals surface area (Å²) in [7, 11) is 1.78. The molecular formula is C21H14F4N8O. The topological polar surface area (TPSA) is 107 Å². The number of anilines is 1. The molecule has 0 bridgehead atoms. The van der Waals surface area contributed by atoms with E-state index in [1.807, 2.05) is 18.2 Å². The fourth-order valence-electron chi connectivity index (χ4n) is 3.29. The second-order valence-corrected chi connectivity index (χ2v) is 7.16. The number of nitrogens with one attached hydrogen (secondary N) is 1. The molecule has 1 N–H and O–H groups in total. The number of benzene rings is 2. The lowest BCUT2D eigenvalue weighted by molar-refractivity contribution is 0.116. The summed E-state index contributed by atoms with van der Waals surface area (Å²) >= 11 is 0. The van der Waals surface area contributed by atoms with Gasteiger partial charge in [0.1, 0.15) is 17.5 Å². The maximum absolute atomic E-state index is 14.6. The van der Waals surface area contributed by atoms with Crippen LogP contribution in [0, 0.1) is 11.6 Å². The third-order valence-electron chi connectivity index (χ3n) is 4.97. The van der Waals surface area contributed by atoms with Crippen LogP contribution in [0.25, 0.3) is 33.7 Å². The molecule has 13 heteroatoms. The van der Waals surface area contributed by atoms with E-state index in [-0.39, 0.29) is 23.5 Å². The molecule has 0 saturated heterocycles. The number of pyridine rings is 1. The van der Waals surface area contributed by atoms with Gasteiger partial charge in [-0.25, -0.2) is 13.8 Å². The summed E-state index contributed by atoms with van der Waals surface area (Å²) in [5, 5.41) is 22.4. The minimum Gasteiger partial charge on any atom is -0.415 e. The monoisotopic (exact) mass is 470 g/mol. The van der Waals surface area contributed by atoms with Crippen molar-refractivity contribution in [3.8, 4) is 22.8 Å². The molecule has 34 heavy (non-hydrogen) atoms. The quantitative estimate of drug-likeness (QED) is 0.367. The van der Waals surface area contributed by atoms with Crippen molar-refractivity contribution in [3.63, 3.8) is 0 Å². The highest BCUT2D eigenvalue weighted by molar-refractivity contribution is 5.84. The molecule has 0 fully saturated rings. The van der Waals surface area contributed by atoms with E-state index >= 15 is 0 Å². The average molecular weight is 470 g/mol. The maximum atomic E-state index is 14.6. The Balaban J connectivity index is 1.39. The zero-order valence-corrected chi connectivity index (χ0v) is 17.4. The van der Waals surface area contributed by atoms with Crippen LogP contribution in [0.2, 0.25) is 0 Å². The Morgan fingerprint density at radius 2 is 1.76 bits per heavy atom. The SMILES string of the molecule is CNc1ccc2cc(-c3nnn(Cc4c(F)cc(-c5nnc(C(F)F)o5)cc4F)n3)ccc2n1. The molecule has 0 radical (unpaired) electrons. The summed E-state index contributed by atoms with van der Waals surface area (Å²) in [5.41, 5.74) is 0.912. The van der Waals surface area contributed by atoms with Crippen LogP contribution >= 0.6 is 0 Å². The van der Waals surface area contributed by atoms with E-state index in [1.54, 1.807) is 19.2 Å². The van der Waals surface area contributed by atoms with Crippen molar-refractivity contribution in [2.45, 2.75) is 13.0 Å². The van der Waals surface area contributed by atoms with Gasteiger partial charge in [0, 0.05) is 29.1 Å². The summed E-state index contributed by atoms with van der Waals surface area (Å²) in [5.74, 6) is -2.28. The molecule has 0 aliphatic heterocycles. The Bertz CT molecular complexity index is 1480. The fourth-order valence-corrected chi connectivity index (χ4v) is 3.29. The van der Waals surface area contributed by atoms with E-state index < -0.39 is 29.8 Å². The van der Waals surface area contributed by atoms with Crippen molar-refractivity contribution in [1.29, 1.82) is 0 Å². The number of rotatable bonds is 6. The standard InChI is InChI=1S/C21H14F4N8O/c1-26-17-5-3-10-6-11(2-4-16(10)27-17)19-28-32-33(31-19)9-13-14(22)7-12(8-15(13)23)20-29-30-21(34-20)18(24)25/h2-8,18H,9H2,1H3,(H,26,27). The molecule has 5 rings (SSSR count). The van der Waals surface area contributed by atoms with E-state index in [9.17, 15) is 17.6 Å². The second-order valence-electron chi connectivity index (χ2n) is 7.16. The van der Waals surface area contributed by atoms with Crippen molar-refractivity contribution >= 4 is 16.7 Å². The number of aromatic nitrogens is 7. The number of nitrogens with zero attached hydrogens (tertiary/aromatic N) is 7. The summed E-state index contributed by atoms with van der Waals surface area (Å²) in [6, 6.07) is 10.9. The van der Waals surface area contributed by atoms with Gasteiger partial charge in [-0.3, -0.25) is 0 Å². The van der Waals surface area contributed by atoms with Crippen LogP contribution in [0.4, 0.5) is 23.4 Å². The average Bonchev–Trinajstić information content (AvgIpc) is 3.51. The van der Waals surface area contributed by atoms with Crippen molar-refractivity contribution in [2.24, 2.45) is 0 Å². The highest BCUT2D eigenvalue weighted by atomic mass is 19.3. The first-order valence-corrected chi connectivity index (χ1v) is 9.88. The summed E-state index contributed by atoms with van der Waals surface area (Å²) in [4.78, 5) is 5.49. The molecule has 0 aliphatic rings. The molecule has 0 unspecified atom stereocenters. The van der Waals surface area contributed by atoms with E-state index in [4.69, 9.17) is 4.42 Å². The third-order valence-corrected chi connectivity index (χ3v) is 4.97. The van der Waals surface area contributed by atoms with Crippen molar-refractivity contribution < 1.29 is 22.0 Å². The van der Waals surface area contributed by atoms with Gasteiger partial charge in [-0.05, 0) is 47.7 Å². The molecular weight excluding hydrogens is 456 g/mol. The molecule has 3 heterocycles. The van der Waals surface area contributed by atoms with Crippen LogP contribution < -0.4 is 5.32 Å². The number of fused-ring (bicyclic) bond motifs is 1. The highest BCUT2D eigenvalue weighted by Crippen LogP contribution is 2.27. The largest absolute Gasteiger partial charge is 0.415 e. The lowest BCUT2D eigenvalue weighted by atomic mass is 10.1. The molecule has 172 valence electrons. The Morgan fingerprint density at radius 3 is 2.47 bits per heavy atom. The van der Waals surface area contributed by atoms with Gasteiger partial charge >= 0.3 is 6.43 Å². The van der Waals surface area contributed by atoms with Crippen LogP contribution in [0.5, 0.6) is 0 Å². The normalized spacial score (nSPS) is 11.5. The van der Waals surface area contributed by atoms with Gasteiger partial charge in [0.15, 0.2) is 0 Å². The number of hydrogen-bond acceptors (Lipinski definition) is 8. The van der Waals surface area contributed by atoms with Gasteiger partial charge in [0.2, 0.25) is 11.7 Å². The Kier molecular flexibility index (Phi) is 5.36. The van der Waals surface area contributed by atoms with Crippen LogP contribution in [-0.4, -0.2) is 42.4 Å². The Labute approximate surface area is 188 Å². The van der Waals surface area contributed by atoms with E-state index in [1.165, 1.54) is 0 Å².